The molecule has 2 atom stereocenters. The second-order valence-corrected chi connectivity index (χ2v) is 5.12. The molecule has 0 bridgehead atoms. The molecule has 0 aromatic heterocycles. The molecule has 2 aliphatic rings. The number of rotatable bonds is 2. The molecule has 2 rings (SSSR count). The van der Waals surface area contributed by atoms with Crippen LogP contribution < -0.4 is 0 Å². The van der Waals surface area contributed by atoms with Crippen LogP contribution in [0, 0.1) is 0 Å². The van der Waals surface area contributed by atoms with E-state index in [1.54, 1.807) is 0 Å². The Labute approximate surface area is 89.4 Å². The molecule has 0 spiro atoms. The second-order valence-electron chi connectivity index (χ2n) is 4.32. The van der Waals surface area contributed by atoms with Gasteiger partial charge in [-0.05, 0) is 26.3 Å². The van der Waals surface area contributed by atoms with Gasteiger partial charge in [0.1, 0.15) is 0 Å². The van der Waals surface area contributed by atoms with Crippen molar-refractivity contribution in [3.8, 4) is 0 Å². The maximum Gasteiger partial charge on any atom is 0.0224 e. The van der Waals surface area contributed by atoms with Gasteiger partial charge in [0.25, 0.3) is 0 Å². The highest BCUT2D eigenvalue weighted by molar-refractivity contribution is 9.09. The number of piperazine rings is 1. The summed E-state index contributed by atoms with van der Waals surface area (Å²) >= 11 is 3.53. The minimum atomic E-state index is 0.756. The zero-order valence-electron chi connectivity index (χ0n) is 8.38. The van der Waals surface area contributed by atoms with E-state index in [1.807, 2.05) is 0 Å². The van der Waals surface area contributed by atoms with Crippen LogP contribution in [-0.4, -0.2) is 53.4 Å². The van der Waals surface area contributed by atoms with Crippen molar-refractivity contribution in [2.24, 2.45) is 0 Å². The molecular weight excluding hydrogens is 228 g/mol. The average Bonchev–Trinajstić information content (AvgIpc) is 2.52. The number of fused-ring (bicyclic) bond motifs is 1. The lowest BCUT2D eigenvalue weighted by Gasteiger charge is -2.42. The van der Waals surface area contributed by atoms with E-state index in [2.05, 4.69) is 32.7 Å². The first-order valence-electron chi connectivity index (χ1n) is 5.35. The Balaban J connectivity index is 1.93. The molecule has 2 fully saturated rings. The maximum atomic E-state index is 3.53. The van der Waals surface area contributed by atoms with Gasteiger partial charge in [0.2, 0.25) is 0 Å². The fraction of sp³-hybridized carbons (Fsp3) is 1.00. The summed E-state index contributed by atoms with van der Waals surface area (Å²) in [5.74, 6) is 0. The van der Waals surface area contributed by atoms with Gasteiger partial charge in [0.05, 0.1) is 0 Å². The van der Waals surface area contributed by atoms with Crippen LogP contribution in [0.2, 0.25) is 0 Å². The van der Waals surface area contributed by atoms with E-state index in [4.69, 9.17) is 0 Å². The molecule has 2 saturated heterocycles. The van der Waals surface area contributed by atoms with Crippen LogP contribution >= 0.6 is 15.9 Å². The van der Waals surface area contributed by atoms with Gasteiger partial charge in [-0.2, -0.15) is 0 Å². The lowest BCUT2D eigenvalue weighted by atomic mass is 10.1. The molecule has 3 heteroatoms. The highest BCUT2D eigenvalue weighted by Gasteiger charge is 2.33. The van der Waals surface area contributed by atoms with Crippen LogP contribution in [0.5, 0.6) is 0 Å². The van der Waals surface area contributed by atoms with Gasteiger partial charge in [-0.15, -0.1) is 0 Å². The van der Waals surface area contributed by atoms with Crippen LogP contribution in [0.4, 0.5) is 0 Å². The molecule has 76 valence electrons. The Hall–Kier alpha value is 0.400. The summed E-state index contributed by atoms with van der Waals surface area (Å²) in [7, 11) is 0. The smallest absolute Gasteiger partial charge is 0.0224 e. The fourth-order valence-electron chi connectivity index (χ4n) is 2.67. The number of alkyl halides is 1. The largest absolute Gasteiger partial charge is 0.298 e. The Kier molecular flexibility index (Phi) is 3.27. The molecule has 2 nitrogen and oxygen atoms in total. The van der Waals surface area contributed by atoms with Crippen molar-refractivity contribution in [3.05, 3.63) is 0 Å². The van der Waals surface area contributed by atoms with Crippen LogP contribution in [0.15, 0.2) is 0 Å². The predicted octanol–water partition coefficient (Wildman–Crippen LogP) is 1.55. The van der Waals surface area contributed by atoms with E-state index in [9.17, 15) is 0 Å². The lowest BCUT2D eigenvalue weighted by Crippen LogP contribution is -2.55. The van der Waals surface area contributed by atoms with E-state index in [1.165, 1.54) is 39.0 Å². The number of nitrogens with zero attached hydrogens (tertiary/aromatic N) is 2. The zero-order chi connectivity index (χ0) is 9.26. The van der Waals surface area contributed by atoms with Gasteiger partial charge in [0, 0.05) is 37.0 Å². The highest BCUT2D eigenvalue weighted by atomic mass is 79.9. The van der Waals surface area contributed by atoms with Gasteiger partial charge >= 0.3 is 0 Å². The van der Waals surface area contributed by atoms with E-state index >= 15 is 0 Å². The number of hydrogen-bond acceptors (Lipinski definition) is 2. The molecule has 2 aliphatic heterocycles. The van der Waals surface area contributed by atoms with Crippen LogP contribution in [0.1, 0.15) is 19.8 Å². The number of hydrogen-bond donors (Lipinski definition) is 0. The van der Waals surface area contributed by atoms with Crippen molar-refractivity contribution in [2.75, 3.05) is 31.5 Å². The van der Waals surface area contributed by atoms with E-state index < -0.39 is 0 Å². The zero-order valence-corrected chi connectivity index (χ0v) is 9.96. The van der Waals surface area contributed by atoms with Crippen molar-refractivity contribution in [1.82, 2.24) is 9.80 Å². The predicted molar refractivity (Wildman–Crippen MR) is 59.4 cm³/mol. The van der Waals surface area contributed by atoms with Crippen LogP contribution in [0.25, 0.3) is 0 Å². The van der Waals surface area contributed by atoms with Crippen molar-refractivity contribution in [1.29, 1.82) is 0 Å². The third kappa shape index (κ3) is 2.08. The first kappa shape index (κ1) is 9.94. The Morgan fingerprint density at radius 1 is 1.38 bits per heavy atom. The molecule has 0 radical (unpaired) electrons. The van der Waals surface area contributed by atoms with Crippen molar-refractivity contribution >= 4 is 15.9 Å². The quantitative estimate of drug-likeness (QED) is 0.683. The van der Waals surface area contributed by atoms with Crippen molar-refractivity contribution in [2.45, 2.75) is 31.8 Å². The first-order chi connectivity index (χ1) is 6.31. The molecule has 0 aromatic rings. The topological polar surface area (TPSA) is 6.48 Å². The third-order valence-electron chi connectivity index (χ3n) is 3.44. The average molecular weight is 247 g/mol. The number of halogens is 1. The molecule has 2 unspecified atom stereocenters. The van der Waals surface area contributed by atoms with Crippen LogP contribution in [-0.2, 0) is 0 Å². The fourth-order valence-corrected chi connectivity index (χ4v) is 3.12. The molecule has 0 aliphatic carbocycles. The van der Waals surface area contributed by atoms with Crippen molar-refractivity contribution < 1.29 is 0 Å². The van der Waals surface area contributed by atoms with Crippen LogP contribution in [0.3, 0.4) is 0 Å². The summed E-state index contributed by atoms with van der Waals surface area (Å²) < 4.78 is 0. The normalized spacial score (nSPS) is 36.5. The standard InChI is InChI=1S/C10H19BrN2/c1-9-7-13-5-2-3-10(13)8-12(9)6-4-11/h9-10H,2-8H2,1H3. The third-order valence-corrected chi connectivity index (χ3v) is 3.79. The molecule has 2 heterocycles. The highest BCUT2D eigenvalue weighted by Crippen LogP contribution is 2.24. The molecule has 0 aromatic carbocycles. The Bertz CT molecular complexity index is 174. The van der Waals surface area contributed by atoms with Gasteiger partial charge in [-0.3, -0.25) is 9.80 Å². The lowest BCUT2D eigenvalue weighted by molar-refractivity contribution is 0.0648. The van der Waals surface area contributed by atoms with E-state index in [0.717, 1.165) is 17.4 Å². The summed E-state index contributed by atoms with van der Waals surface area (Å²) in [6.07, 6.45) is 2.84. The molecule has 0 N–H and O–H groups in total. The van der Waals surface area contributed by atoms with E-state index in [-0.39, 0.29) is 0 Å². The molecular formula is C10H19BrN2. The molecule has 0 amide bonds. The first-order valence-corrected chi connectivity index (χ1v) is 6.47. The van der Waals surface area contributed by atoms with Gasteiger partial charge in [0.15, 0.2) is 0 Å². The molecule has 0 saturated carbocycles. The second kappa shape index (κ2) is 4.28. The van der Waals surface area contributed by atoms with Crippen molar-refractivity contribution in [3.63, 3.8) is 0 Å². The van der Waals surface area contributed by atoms with Gasteiger partial charge < -0.3 is 0 Å². The summed E-state index contributed by atoms with van der Waals surface area (Å²) in [6, 6.07) is 1.63. The summed E-state index contributed by atoms with van der Waals surface area (Å²) in [6.45, 7) is 7.50. The monoisotopic (exact) mass is 246 g/mol. The summed E-state index contributed by atoms with van der Waals surface area (Å²) in [4.78, 5) is 5.30. The van der Waals surface area contributed by atoms with E-state index in [0.29, 0.717) is 0 Å². The summed E-state index contributed by atoms with van der Waals surface area (Å²) in [5.41, 5.74) is 0. The van der Waals surface area contributed by atoms with Gasteiger partial charge in [-0.25, -0.2) is 0 Å². The minimum Gasteiger partial charge on any atom is -0.298 e. The Morgan fingerprint density at radius 2 is 2.23 bits per heavy atom. The SMILES string of the molecule is CC1CN2CCCC2CN1CCBr. The van der Waals surface area contributed by atoms with Gasteiger partial charge in [-0.1, -0.05) is 15.9 Å². The summed E-state index contributed by atoms with van der Waals surface area (Å²) in [5, 5.41) is 1.12. The maximum absolute atomic E-state index is 3.53. The Morgan fingerprint density at radius 3 is 3.00 bits per heavy atom. The minimum absolute atomic E-state index is 0.756. The molecule has 13 heavy (non-hydrogen) atoms.